The Morgan fingerprint density at radius 3 is 2.62 bits per heavy atom. The average molecular weight is 242 g/mol. The van der Waals surface area contributed by atoms with Gasteiger partial charge in [0.25, 0.3) is 0 Å². The van der Waals surface area contributed by atoms with Crippen molar-refractivity contribution >= 4 is 23.1 Å². The van der Waals surface area contributed by atoms with Gasteiger partial charge < -0.3 is 9.64 Å². The Kier molecular flexibility index (Phi) is 4.19. The Bertz CT molecular complexity index is 404. The van der Waals surface area contributed by atoms with Crippen molar-refractivity contribution in [2.45, 2.75) is 13.8 Å². The number of hydrogen-bond donors (Lipinski definition) is 0. The zero-order valence-corrected chi connectivity index (χ0v) is 10.8. The van der Waals surface area contributed by atoms with Crippen molar-refractivity contribution in [3.8, 4) is 5.75 Å². The molecule has 0 radical (unpaired) electrons. The molecule has 0 aliphatic rings. The molecule has 0 aliphatic heterocycles. The smallest absolute Gasteiger partial charge is 0.149 e. The predicted octanol–water partition coefficient (Wildman–Crippen LogP) is 2.68. The molecule has 3 nitrogen and oxygen atoms in total. The number of ketones is 1. The van der Waals surface area contributed by atoms with E-state index in [0.717, 1.165) is 11.3 Å². The van der Waals surface area contributed by atoms with Crippen LogP contribution in [0.5, 0.6) is 5.75 Å². The van der Waals surface area contributed by atoms with E-state index in [4.69, 9.17) is 16.3 Å². The zero-order valence-electron chi connectivity index (χ0n) is 10.0. The monoisotopic (exact) mass is 241 g/mol. The van der Waals surface area contributed by atoms with E-state index in [1.54, 1.807) is 20.1 Å². The molecule has 0 saturated carbocycles. The number of nitrogens with zero attached hydrogens (tertiary/aromatic N) is 1. The molecule has 0 amide bonds. The van der Waals surface area contributed by atoms with Crippen LogP contribution in [0.2, 0.25) is 5.02 Å². The van der Waals surface area contributed by atoms with Gasteiger partial charge in [0.2, 0.25) is 0 Å². The molecule has 0 bridgehead atoms. The number of likely N-dealkylation sites (N-methyl/N-ethyl adjacent to an activating group) is 1. The van der Waals surface area contributed by atoms with Crippen LogP contribution in [0.15, 0.2) is 12.1 Å². The minimum absolute atomic E-state index is 0.108. The molecule has 16 heavy (non-hydrogen) atoms. The molecule has 88 valence electrons. The molecule has 0 N–H and O–H groups in total. The Hall–Kier alpha value is -1.22. The lowest BCUT2D eigenvalue weighted by molar-refractivity contribution is -0.115. The van der Waals surface area contributed by atoms with E-state index in [-0.39, 0.29) is 5.78 Å². The quantitative estimate of drug-likeness (QED) is 0.812. The molecule has 0 heterocycles. The summed E-state index contributed by atoms with van der Waals surface area (Å²) < 4.78 is 5.25. The number of hydrogen-bond acceptors (Lipinski definition) is 3. The van der Waals surface area contributed by atoms with E-state index in [1.165, 1.54) is 0 Å². The van der Waals surface area contributed by atoms with Crippen LogP contribution in [-0.4, -0.2) is 26.5 Å². The van der Waals surface area contributed by atoms with Crippen molar-refractivity contribution in [1.82, 2.24) is 0 Å². The summed E-state index contributed by atoms with van der Waals surface area (Å²) >= 11 is 6.01. The van der Waals surface area contributed by atoms with Crippen LogP contribution in [-0.2, 0) is 4.79 Å². The van der Waals surface area contributed by atoms with Gasteiger partial charge in [0.15, 0.2) is 0 Å². The van der Waals surface area contributed by atoms with E-state index in [1.807, 2.05) is 24.9 Å². The standard InChI is InChI=1S/C12H16ClNO2/c1-8-5-11(14(3)7-9(2)15)12(16-4)6-10(8)13/h5-6H,7H2,1-4H3. The predicted molar refractivity (Wildman–Crippen MR) is 66.7 cm³/mol. The maximum atomic E-state index is 11.1. The fourth-order valence-electron chi connectivity index (χ4n) is 1.53. The van der Waals surface area contributed by atoms with E-state index in [9.17, 15) is 4.79 Å². The van der Waals surface area contributed by atoms with Crippen LogP contribution >= 0.6 is 11.6 Å². The van der Waals surface area contributed by atoms with Gasteiger partial charge in [0.1, 0.15) is 11.5 Å². The highest BCUT2D eigenvalue weighted by Crippen LogP contribution is 2.32. The highest BCUT2D eigenvalue weighted by molar-refractivity contribution is 6.31. The van der Waals surface area contributed by atoms with Gasteiger partial charge in [-0.1, -0.05) is 11.6 Å². The number of aryl methyl sites for hydroxylation is 1. The minimum atomic E-state index is 0.108. The molecular formula is C12H16ClNO2. The van der Waals surface area contributed by atoms with E-state index in [2.05, 4.69) is 0 Å². The number of carbonyl (C=O) groups is 1. The third kappa shape index (κ3) is 2.89. The normalized spacial score (nSPS) is 10.1. The van der Waals surface area contributed by atoms with Gasteiger partial charge >= 0.3 is 0 Å². The highest BCUT2D eigenvalue weighted by Gasteiger charge is 2.12. The van der Waals surface area contributed by atoms with Crippen LogP contribution in [0.4, 0.5) is 5.69 Å². The Morgan fingerprint density at radius 1 is 1.50 bits per heavy atom. The summed E-state index contributed by atoms with van der Waals surface area (Å²) in [5.74, 6) is 0.788. The van der Waals surface area contributed by atoms with Gasteiger partial charge in [-0.3, -0.25) is 4.79 Å². The first-order valence-electron chi connectivity index (χ1n) is 5.00. The number of Topliss-reactive ketones (excluding diaryl/α,β-unsaturated/α-hetero) is 1. The molecular weight excluding hydrogens is 226 g/mol. The van der Waals surface area contributed by atoms with Gasteiger partial charge in [-0.15, -0.1) is 0 Å². The van der Waals surface area contributed by atoms with Crippen molar-refractivity contribution in [3.05, 3.63) is 22.7 Å². The van der Waals surface area contributed by atoms with Crippen molar-refractivity contribution in [3.63, 3.8) is 0 Å². The van der Waals surface area contributed by atoms with Crippen LogP contribution in [0, 0.1) is 6.92 Å². The average Bonchev–Trinajstić information content (AvgIpc) is 2.20. The van der Waals surface area contributed by atoms with Crippen molar-refractivity contribution in [2.75, 3.05) is 25.6 Å². The summed E-state index contributed by atoms with van der Waals surface area (Å²) in [5, 5.41) is 0.664. The maximum Gasteiger partial charge on any atom is 0.149 e. The van der Waals surface area contributed by atoms with Crippen molar-refractivity contribution < 1.29 is 9.53 Å². The van der Waals surface area contributed by atoms with E-state index in [0.29, 0.717) is 17.3 Å². The van der Waals surface area contributed by atoms with Crippen molar-refractivity contribution in [1.29, 1.82) is 0 Å². The fourth-order valence-corrected chi connectivity index (χ4v) is 1.68. The van der Waals surface area contributed by atoms with Crippen LogP contribution < -0.4 is 9.64 Å². The molecule has 1 aromatic carbocycles. The van der Waals surface area contributed by atoms with Gasteiger partial charge in [-0.05, 0) is 25.5 Å². The summed E-state index contributed by atoms with van der Waals surface area (Å²) in [6.07, 6.45) is 0. The van der Waals surface area contributed by atoms with Crippen LogP contribution in [0.25, 0.3) is 0 Å². The molecule has 0 aromatic heterocycles. The van der Waals surface area contributed by atoms with Crippen LogP contribution in [0.3, 0.4) is 0 Å². The second-order valence-electron chi connectivity index (χ2n) is 3.83. The topological polar surface area (TPSA) is 29.5 Å². The van der Waals surface area contributed by atoms with Crippen molar-refractivity contribution in [2.24, 2.45) is 0 Å². The second kappa shape index (κ2) is 5.21. The lowest BCUT2D eigenvalue weighted by Gasteiger charge is -2.21. The van der Waals surface area contributed by atoms with Gasteiger partial charge in [0.05, 0.1) is 19.3 Å². The lowest BCUT2D eigenvalue weighted by Crippen LogP contribution is -2.24. The third-order valence-electron chi connectivity index (χ3n) is 2.33. The third-order valence-corrected chi connectivity index (χ3v) is 2.74. The summed E-state index contributed by atoms with van der Waals surface area (Å²) in [6, 6.07) is 3.69. The molecule has 0 fully saturated rings. The number of benzene rings is 1. The lowest BCUT2D eigenvalue weighted by atomic mass is 10.2. The number of rotatable bonds is 4. The fraction of sp³-hybridized carbons (Fsp3) is 0.417. The maximum absolute atomic E-state index is 11.1. The number of carbonyl (C=O) groups excluding carboxylic acids is 1. The van der Waals surface area contributed by atoms with Crippen LogP contribution in [0.1, 0.15) is 12.5 Å². The summed E-state index contributed by atoms with van der Waals surface area (Å²) in [4.78, 5) is 12.9. The first-order chi connectivity index (χ1) is 7.45. The molecule has 0 saturated heterocycles. The van der Waals surface area contributed by atoms with E-state index >= 15 is 0 Å². The highest BCUT2D eigenvalue weighted by atomic mass is 35.5. The molecule has 0 aliphatic carbocycles. The van der Waals surface area contributed by atoms with E-state index < -0.39 is 0 Å². The first-order valence-corrected chi connectivity index (χ1v) is 5.38. The second-order valence-corrected chi connectivity index (χ2v) is 4.24. The molecule has 4 heteroatoms. The molecule has 0 atom stereocenters. The number of ether oxygens (including phenoxy) is 1. The minimum Gasteiger partial charge on any atom is -0.495 e. The molecule has 1 rings (SSSR count). The number of methoxy groups -OCH3 is 1. The van der Waals surface area contributed by atoms with Gasteiger partial charge in [0, 0.05) is 18.1 Å². The summed E-state index contributed by atoms with van der Waals surface area (Å²) in [7, 11) is 3.44. The summed E-state index contributed by atoms with van der Waals surface area (Å²) in [6.45, 7) is 3.84. The number of halogens is 1. The summed E-state index contributed by atoms with van der Waals surface area (Å²) in [5.41, 5.74) is 1.84. The largest absolute Gasteiger partial charge is 0.495 e. The molecule has 0 spiro atoms. The molecule has 1 aromatic rings. The Morgan fingerprint density at radius 2 is 2.12 bits per heavy atom. The van der Waals surface area contributed by atoms with Gasteiger partial charge in [-0.2, -0.15) is 0 Å². The Labute approximate surface area is 101 Å². The van der Waals surface area contributed by atoms with Gasteiger partial charge in [-0.25, -0.2) is 0 Å². The molecule has 0 unspecified atom stereocenters. The first kappa shape index (κ1) is 12.8. The SMILES string of the molecule is COc1cc(Cl)c(C)cc1N(C)CC(C)=O. The zero-order chi connectivity index (χ0) is 12.3. The number of anilines is 1. The Balaban J connectivity index is 3.10.